The van der Waals surface area contributed by atoms with Gasteiger partial charge in [0.25, 0.3) is 5.91 Å². The molecule has 172 valence electrons. The third kappa shape index (κ3) is 4.29. The number of hydrogen-bond acceptors (Lipinski definition) is 5. The van der Waals surface area contributed by atoms with E-state index >= 15 is 0 Å². The number of carbonyl (C=O) groups is 1. The highest BCUT2D eigenvalue weighted by Crippen LogP contribution is 2.31. The number of aromatic nitrogens is 2. The lowest BCUT2D eigenvalue weighted by Gasteiger charge is -2.37. The Labute approximate surface area is 203 Å². The van der Waals surface area contributed by atoms with Gasteiger partial charge in [-0.2, -0.15) is 0 Å². The number of benzene rings is 2. The van der Waals surface area contributed by atoms with E-state index in [9.17, 15) is 4.79 Å². The van der Waals surface area contributed by atoms with Crippen LogP contribution in [0.4, 0.5) is 5.69 Å². The number of fused-ring (bicyclic) bond motifs is 1. The molecule has 1 aliphatic rings. The number of pyridine rings is 2. The van der Waals surface area contributed by atoms with Crippen LogP contribution in [0.3, 0.4) is 0 Å². The zero-order chi connectivity index (χ0) is 23.5. The van der Waals surface area contributed by atoms with Crippen molar-refractivity contribution in [2.75, 3.05) is 37.7 Å². The number of anilines is 1. The summed E-state index contributed by atoms with van der Waals surface area (Å²) in [5, 5.41) is 1.29. The van der Waals surface area contributed by atoms with Crippen LogP contribution in [-0.2, 0) is 0 Å². The van der Waals surface area contributed by atoms with Crippen molar-refractivity contribution in [3.8, 4) is 17.0 Å². The first-order chi connectivity index (χ1) is 16.7. The molecule has 0 N–H and O–H groups in total. The topological polar surface area (TPSA) is 58.6 Å². The van der Waals surface area contributed by atoms with Crippen molar-refractivity contribution in [1.29, 1.82) is 0 Å². The molecular weight excluding hydrogens is 448 g/mol. The zero-order valence-corrected chi connectivity index (χ0v) is 19.7. The minimum Gasteiger partial charge on any atom is -0.492 e. The largest absolute Gasteiger partial charge is 0.492 e. The highest BCUT2D eigenvalue weighted by molar-refractivity contribution is 6.35. The van der Waals surface area contributed by atoms with Crippen molar-refractivity contribution in [3.05, 3.63) is 83.6 Å². The molecule has 1 fully saturated rings. The Morgan fingerprint density at radius 1 is 1.00 bits per heavy atom. The van der Waals surface area contributed by atoms with E-state index in [0.717, 1.165) is 35.5 Å². The molecule has 0 saturated carbocycles. The third-order valence-corrected chi connectivity index (χ3v) is 6.37. The normalized spacial score (nSPS) is 13.8. The molecule has 0 spiro atoms. The van der Waals surface area contributed by atoms with Gasteiger partial charge in [-0.05, 0) is 43.3 Å². The van der Waals surface area contributed by atoms with E-state index in [2.05, 4.69) is 16.0 Å². The molecule has 0 aliphatic carbocycles. The Balaban J connectivity index is 1.44. The monoisotopic (exact) mass is 472 g/mol. The molecule has 0 atom stereocenters. The van der Waals surface area contributed by atoms with Crippen molar-refractivity contribution in [1.82, 2.24) is 14.9 Å². The zero-order valence-electron chi connectivity index (χ0n) is 18.9. The van der Waals surface area contributed by atoms with Gasteiger partial charge in [0.2, 0.25) is 0 Å². The van der Waals surface area contributed by atoms with Gasteiger partial charge in [0, 0.05) is 49.5 Å². The molecule has 4 aromatic rings. The second-order valence-electron chi connectivity index (χ2n) is 8.11. The summed E-state index contributed by atoms with van der Waals surface area (Å²) in [6, 6.07) is 19.3. The van der Waals surface area contributed by atoms with E-state index in [0.29, 0.717) is 41.5 Å². The van der Waals surface area contributed by atoms with Gasteiger partial charge in [0.15, 0.2) is 0 Å². The Morgan fingerprint density at radius 2 is 1.76 bits per heavy atom. The second-order valence-corrected chi connectivity index (χ2v) is 8.51. The smallest absolute Gasteiger partial charge is 0.254 e. The van der Waals surface area contributed by atoms with Gasteiger partial charge < -0.3 is 14.5 Å². The molecule has 0 unspecified atom stereocenters. The average molecular weight is 473 g/mol. The Bertz CT molecular complexity index is 1320. The van der Waals surface area contributed by atoms with E-state index in [-0.39, 0.29) is 5.91 Å². The van der Waals surface area contributed by atoms with Gasteiger partial charge >= 0.3 is 0 Å². The average Bonchev–Trinajstić information content (AvgIpc) is 2.89. The van der Waals surface area contributed by atoms with E-state index in [4.69, 9.17) is 21.3 Å². The first-order valence-corrected chi connectivity index (χ1v) is 11.8. The maximum atomic E-state index is 13.7. The summed E-state index contributed by atoms with van der Waals surface area (Å²) in [5.41, 5.74) is 3.91. The molecule has 0 radical (unpaired) electrons. The molecule has 5 rings (SSSR count). The van der Waals surface area contributed by atoms with E-state index in [1.165, 1.54) is 0 Å². The second kappa shape index (κ2) is 9.69. The quantitative estimate of drug-likeness (QED) is 0.394. The number of carbonyl (C=O) groups excluding carboxylic acids is 1. The van der Waals surface area contributed by atoms with Crippen LogP contribution in [0.5, 0.6) is 5.75 Å². The fourth-order valence-corrected chi connectivity index (χ4v) is 4.59. The van der Waals surface area contributed by atoms with Crippen LogP contribution in [0.2, 0.25) is 5.02 Å². The first-order valence-electron chi connectivity index (χ1n) is 11.4. The van der Waals surface area contributed by atoms with Gasteiger partial charge in [0.05, 0.1) is 34.1 Å². The molecule has 7 heteroatoms. The van der Waals surface area contributed by atoms with Crippen LogP contribution < -0.4 is 9.64 Å². The summed E-state index contributed by atoms with van der Waals surface area (Å²) in [6.07, 6.45) is 3.43. The third-order valence-electron chi connectivity index (χ3n) is 6.07. The van der Waals surface area contributed by atoms with Crippen molar-refractivity contribution in [2.24, 2.45) is 0 Å². The summed E-state index contributed by atoms with van der Waals surface area (Å²) >= 11 is 6.49. The molecule has 0 bridgehead atoms. The van der Waals surface area contributed by atoms with Crippen molar-refractivity contribution < 1.29 is 9.53 Å². The van der Waals surface area contributed by atoms with E-state index in [1.54, 1.807) is 18.5 Å². The Hall–Kier alpha value is -3.64. The molecule has 1 aliphatic heterocycles. The van der Waals surface area contributed by atoms with Gasteiger partial charge in [-0.3, -0.25) is 9.78 Å². The summed E-state index contributed by atoms with van der Waals surface area (Å²) in [4.78, 5) is 26.8. The van der Waals surface area contributed by atoms with Crippen LogP contribution >= 0.6 is 11.6 Å². The van der Waals surface area contributed by atoms with Crippen LogP contribution in [0.15, 0.2) is 73.1 Å². The van der Waals surface area contributed by atoms with Crippen molar-refractivity contribution in [2.45, 2.75) is 6.92 Å². The van der Waals surface area contributed by atoms with Gasteiger partial charge in [-0.1, -0.05) is 35.9 Å². The number of amides is 1. The number of nitrogens with zero attached hydrogens (tertiary/aromatic N) is 4. The summed E-state index contributed by atoms with van der Waals surface area (Å²) in [6.45, 7) is 5.31. The fraction of sp³-hybridized carbons (Fsp3) is 0.222. The predicted molar refractivity (Wildman–Crippen MR) is 136 cm³/mol. The molecule has 3 heterocycles. The molecule has 34 heavy (non-hydrogen) atoms. The number of halogens is 1. The highest BCUT2D eigenvalue weighted by Gasteiger charge is 2.26. The lowest BCUT2D eigenvalue weighted by molar-refractivity contribution is 0.0748. The number of rotatable bonds is 5. The van der Waals surface area contributed by atoms with E-state index < -0.39 is 0 Å². The molecule has 2 aromatic carbocycles. The molecule has 1 saturated heterocycles. The Kier molecular flexibility index (Phi) is 6.32. The lowest BCUT2D eigenvalue weighted by atomic mass is 10.0. The Morgan fingerprint density at radius 3 is 2.53 bits per heavy atom. The van der Waals surface area contributed by atoms with E-state index in [1.807, 2.05) is 60.4 Å². The molecular formula is C27H25ClN4O2. The van der Waals surface area contributed by atoms with Crippen LogP contribution in [0, 0.1) is 0 Å². The van der Waals surface area contributed by atoms with Crippen LogP contribution in [0.25, 0.3) is 22.2 Å². The van der Waals surface area contributed by atoms with Gasteiger partial charge in [0.1, 0.15) is 5.75 Å². The lowest BCUT2D eigenvalue weighted by Crippen LogP contribution is -2.49. The minimum absolute atomic E-state index is 0.0114. The van der Waals surface area contributed by atoms with Crippen molar-refractivity contribution in [3.63, 3.8) is 0 Å². The molecule has 2 aromatic heterocycles. The maximum absolute atomic E-state index is 13.7. The van der Waals surface area contributed by atoms with Crippen LogP contribution in [-0.4, -0.2) is 53.6 Å². The number of piperazine rings is 1. The standard InChI is InChI=1S/C27H25ClN4O2/c1-2-34-25-9-4-3-8-24(25)31-14-16-32(17-15-31)27(33)21-18-23(19-10-12-29-13-11-19)30-26-20(21)6-5-7-22(26)28/h3-13,18H,2,14-17H2,1H3. The minimum atomic E-state index is -0.0114. The SMILES string of the molecule is CCOc1ccccc1N1CCN(C(=O)c2cc(-c3ccncc3)nc3c(Cl)cccc23)CC1. The number of para-hydroxylation sites is 3. The number of hydrogen-bond donors (Lipinski definition) is 0. The summed E-state index contributed by atoms with van der Waals surface area (Å²) in [5.74, 6) is 0.865. The summed E-state index contributed by atoms with van der Waals surface area (Å²) < 4.78 is 5.80. The number of ether oxygens (including phenoxy) is 1. The highest BCUT2D eigenvalue weighted by atomic mass is 35.5. The maximum Gasteiger partial charge on any atom is 0.254 e. The van der Waals surface area contributed by atoms with Crippen molar-refractivity contribution >= 4 is 34.1 Å². The van der Waals surface area contributed by atoms with Gasteiger partial charge in [-0.15, -0.1) is 0 Å². The molecule has 1 amide bonds. The molecule has 6 nitrogen and oxygen atoms in total. The predicted octanol–water partition coefficient (Wildman–Crippen LogP) is 5.31. The first kappa shape index (κ1) is 22.2. The van der Waals surface area contributed by atoms with Gasteiger partial charge in [-0.25, -0.2) is 4.98 Å². The fourth-order valence-electron chi connectivity index (χ4n) is 4.38. The van der Waals surface area contributed by atoms with Crippen LogP contribution in [0.1, 0.15) is 17.3 Å². The summed E-state index contributed by atoms with van der Waals surface area (Å²) in [7, 11) is 0.